The number of rotatable bonds is 7. The van der Waals surface area contributed by atoms with Gasteiger partial charge in [0.05, 0.1) is 5.69 Å². The zero-order valence-corrected chi connectivity index (χ0v) is 18.3. The SMILES string of the molecule is Cc1ccc(-c2csc(NC(=O)COC(=O)C(c3ccccc3)c3ccccc3)n2)cc1. The molecular formula is C26H22N2O3S. The van der Waals surface area contributed by atoms with E-state index < -0.39 is 17.8 Å². The summed E-state index contributed by atoms with van der Waals surface area (Å²) < 4.78 is 5.38. The molecule has 0 saturated heterocycles. The summed E-state index contributed by atoms with van der Waals surface area (Å²) in [7, 11) is 0. The molecule has 0 radical (unpaired) electrons. The molecule has 0 atom stereocenters. The molecule has 0 aliphatic rings. The topological polar surface area (TPSA) is 68.3 Å². The minimum atomic E-state index is -0.599. The fraction of sp³-hybridized carbons (Fsp3) is 0.115. The van der Waals surface area contributed by atoms with Crippen molar-refractivity contribution >= 4 is 28.3 Å². The van der Waals surface area contributed by atoms with E-state index in [0.717, 1.165) is 22.4 Å². The minimum Gasteiger partial charge on any atom is -0.455 e. The van der Waals surface area contributed by atoms with Crippen molar-refractivity contribution in [2.75, 3.05) is 11.9 Å². The smallest absolute Gasteiger partial charge is 0.318 e. The highest BCUT2D eigenvalue weighted by molar-refractivity contribution is 7.14. The maximum absolute atomic E-state index is 12.9. The average Bonchev–Trinajstić information content (AvgIpc) is 3.28. The molecule has 3 aromatic carbocycles. The maximum atomic E-state index is 12.9. The fourth-order valence-electron chi connectivity index (χ4n) is 3.32. The molecular weight excluding hydrogens is 420 g/mol. The molecule has 0 spiro atoms. The van der Waals surface area contributed by atoms with Crippen LogP contribution in [0.3, 0.4) is 0 Å². The first-order valence-corrected chi connectivity index (χ1v) is 11.1. The summed E-state index contributed by atoms with van der Waals surface area (Å²) in [5.74, 6) is -1.50. The first-order valence-electron chi connectivity index (χ1n) is 10.2. The Morgan fingerprint density at radius 2 is 1.50 bits per heavy atom. The minimum absolute atomic E-state index is 0.381. The van der Waals surface area contributed by atoms with Gasteiger partial charge in [-0.3, -0.25) is 14.9 Å². The Balaban J connectivity index is 1.39. The summed E-state index contributed by atoms with van der Waals surface area (Å²) in [4.78, 5) is 29.7. The number of amides is 1. The molecule has 0 fully saturated rings. The number of anilines is 1. The Morgan fingerprint density at radius 1 is 0.906 bits per heavy atom. The first kappa shape index (κ1) is 21.5. The van der Waals surface area contributed by atoms with Crippen LogP contribution in [0.1, 0.15) is 22.6 Å². The lowest BCUT2D eigenvalue weighted by atomic mass is 9.91. The van der Waals surface area contributed by atoms with Gasteiger partial charge in [-0.15, -0.1) is 11.3 Å². The molecule has 1 aromatic heterocycles. The third kappa shape index (κ3) is 5.28. The van der Waals surface area contributed by atoms with Gasteiger partial charge in [0, 0.05) is 10.9 Å². The van der Waals surface area contributed by atoms with Crippen molar-refractivity contribution < 1.29 is 14.3 Å². The number of benzene rings is 3. The Bertz CT molecular complexity index is 1150. The van der Waals surface area contributed by atoms with Gasteiger partial charge < -0.3 is 4.74 Å². The number of aryl methyl sites for hydroxylation is 1. The van der Waals surface area contributed by atoms with Gasteiger partial charge >= 0.3 is 5.97 Å². The van der Waals surface area contributed by atoms with Gasteiger partial charge in [-0.2, -0.15) is 0 Å². The lowest BCUT2D eigenvalue weighted by Crippen LogP contribution is -2.24. The number of hydrogen-bond acceptors (Lipinski definition) is 5. The fourth-order valence-corrected chi connectivity index (χ4v) is 4.05. The molecule has 0 bridgehead atoms. The summed E-state index contributed by atoms with van der Waals surface area (Å²) >= 11 is 1.33. The average molecular weight is 443 g/mol. The van der Waals surface area contributed by atoms with E-state index in [4.69, 9.17) is 4.74 Å². The van der Waals surface area contributed by atoms with E-state index in [9.17, 15) is 9.59 Å². The molecule has 0 unspecified atom stereocenters. The highest BCUT2D eigenvalue weighted by Gasteiger charge is 2.25. The van der Waals surface area contributed by atoms with Gasteiger partial charge in [0.15, 0.2) is 11.7 Å². The highest BCUT2D eigenvalue weighted by Crippen LogP contribution is 2.27. The van der Waals surface area contributed by atoms with E-state index >= 15 is 0 Å². The molecule has 160 valence electrons. The standard InChI is InChI=1S/C26H22N2O3S/c1-18-12-14-19(15-13-18)22-17-32-26(27-22)28-23(29)16-31-25(30)24(20-8-4-2-5-9-20)21-10-6-3-7-11-21/h2-15,17,24H,16H2,1H3,(H,27,28,29). The molecule has 4 rings (SSSR count). The van der Waals surface area contributed by atoms with E-state index in [2.05, 4.69) is 10.3 Å². The summed E-state index contributed by atoms with van der Waals surface area (Å²) in [6, 6.07) is 26.8. The second-order valence-corrected chi connectivity index (χ2v) is 8.17. The van der Waals surface area contributed by atoms with Crippen LogP contribution in [0.5, 0.6) is 0 Å². The second-order valence-electron chi connectivity index (χ2n) is 7.31. The summed E-state index contributed by atoms with van der Waals surface area (Å²) in [5, 5.41) is 5.05. The van der Waals surface area contributed by atoms with Crippen molar-refractivity contribution in [1.29, 1.82) is 0 Å². The number of nitrogens with one attached hydrogen (secondary N) is 1. The zero-order valence-electron chi connectivity index (χ0n) is 17.5. The van der Waals surface area contributed by atoms with Gasteiger partial charge in [-0.05, 0) is 18.1 Å². The Labute approximate surface area is 190 Å². The lowest BCUT2D eigenvalue weighted by Gasteiger charge is -2.16. The number of carbonyl (C=O) groups is 2. The van der Waals surface area contributed by atoms with Crippen LogP contribution in [0, 0.1) is 6.92 Å². The van der Waals surface area contributed by atoms with Gasteiger partial charge in [0.1, 0.15) is 5.92 Å². The van der Waals surface area contributed by atoms with Crippen LogP contribution in [0.4, 0.5) is 5.13 Å². The summed E-state index contributed by atoms with van der Waals surface area (Å²) in [6.45, 7) is 1.65. The van der Waals surface area contributed by atoms with Crippen molar-refractivity contribution in [3.05, 3.63) is 107 Å². The van der Waals surface area contributed by atoms with Crippen molar-refractivity contribution in [3.8, 4) is 11.3 Å². The largest absolute Gasteiger partial charge is 0.455 e. The third-order valence-electron chi connectivity index (χ3n) is 4.94. The summed E-state index contributed by atoms with van der Waals surface area (Å²) in [6.07, 6.45) is 0. The van der Waals surface area contributed by atoms with Crippen molar-refractivity contribution in [3.63, 3.8) is 0 Å². The molecule has 5 nitrogen and oxygen atoms in total. The Hall–Kier alpha value is -3.77. The van der Waals surface area contributed by atoms with Gasteiger partial charge in [-0.25, -0.2) is 4.98 Å². The van der Waals surface area contributed by atoms with Crippen LogP contribution in [0.2, 0.25) is 0 Å². The number of hydrogen-bond donors (Lipinski definition) is 1. The van der Waals surface area contributed by atoms with Crippen molar-refractivity contribution in [2.24, 2.45) is 0 Å². The van der Waals surface area contributed by atoms with Crippen LogP contribution in [-0.4, -0.2) is 23.5 Å². The van der Waals surface area contributed by atoms with Gasteiger partial charge in [0.2, 0.25) is 0 Å². The number of thiazole rings is 1. The normalized spacial score (nSPS) is 10.7. The van der Waals surface area contributed by atoms with Crippen LogP contribution in [0.15, 0.2) is 90.3 Å². The molecule has 0 aliphatic carbocycles. The zero-order chi connectivity index (χ0) is 22.3. The second kappa shape index (κ2) is 10.0. The molecule has 1 amide bonds. The number of aromatic nitrogens is 1. The third-order valence-corrected chi connectivity index (χ3v) is 5.70. The molecule has 1 heterocycles. The molecule has 4 aromatic rings. The maximum Gasteiger partial charge on any atom is 0.318 e. The predicted molar refractivity (Wildman–Crippen MR) is 127 cm³/mol. The van der Waals surface area contributed by atoms with Crippen LogP contribution in [-0.2, 0) is 14.3 Å². The Kier molecular flexibility index (Phi) is 6.72. The van der Waals surface area contributed by atoms with E-state index in [0.29, 0.717) is 5.13 Å². The Morgan fingerprint density at radius 3 is 2.09 bits per heavy atom. The van der Waals surface area contributed by atoms with E-state index in [-0.39, 0.29) is 6.61 Å². The number of ether oxygens (including phenoxy) is 1. The van der Waals surface area contributed by atoms with Crippen molar-refractivity contribution in [1.82, 2.24) is 4.98 Å². The first-order chi connectivity index (χ1) is 15.6. The predicted octanol–water partition coefficient (Wildman–Crippen LogP) is 5.43. The van der Waals surface area contributed by atoms with Gasteiger partial charge in [-0.1, -0.05) is 90.5 Å². The number of esters is 1. The highest BCUT2D eigenvalue weighted by atomic mass is 32.1. The van der Waals surface area contributed by atoms with Gasteiger partial charge in [0.25, 0.3) is 5.91 Å². The lowest BCUT2D eigenvalue weighted by molar-refractivity contribution is -0.147. The van der Waals surface area contributed by atoms with E-state index in [1.807, 2.05) is 97.2 Å². The van der Waals surface area contributed by atoms with E-state index in [1.54, 1.807) is 0 Å². The monoisotopic (exact) mass is 442 g/mol. The molecule has 1 N–H and O–H groups in total. The van der Waals surface area contributed by atoms with Crippen LogP contribution < -0.4 is 5.32 Å². The number of carbonyl (C=O) groups excluding carboxylic acids is 2. The molecule has 6 heteroatoms. The van der Waals surface area contributed by atoms with E-state index in [1.165, 1.54) is 16.9 Å². The number of nitrogens with zero attached hydrogens (tertiary/aromatic N) is 1. The molecule has 32 heavy (non-hydrogen) atoms. The molecule has 0 saturated carbocycles. The summed E-state index contributed by atoms with van der Waals surface area (Å²) in [5.41, 5.74) is 4.56. The quantitative estimate of drug-likeness (QED) is 0.388. The van der Waals surface area contributed by atoms with Crippen LogP contribution in [0.25, 0.3) is 11.3 Å². The van der Waals surface area contributed by atoms with Crippen molar-refractivity contribution in [2.45, 2.75) is 12.8 Å². The van der Waals surface area contributed by atoms with Crippen LogP contribution >= 0.6 is 11.3 Å². The molecule has 0 aliphatic heterocycles.